The first-order chi connectivity index (χ1) is 17.8. The van der Waals surface area contributed by atoms with Gasteiger partial charge in [0.2, 0.25) is 5.91 Å². The van der Waals surface area contributed by atoms with Crippen molar-refractivity contribution in [2.24, 2.45) is 9.98 Å². The number of halogens is 6. The molecule has 1 aromatic heterocycles. The number of hydrogen-bond donors (Lipinski definition) is 2. The Balaban J connectivity index is 1.76. The summed E-state index contributed by atoms with van der Waals surface area (Å²) in [6.07, 6.45) is -9.43. The van der Waals surface area contributed by atoms with Gasteiger partial charge in [0.25, 0.3) is 0 Å². The number of carbonyl (C=O) groups excluding carboxylic acids is 1. The number of nitrogens with zero attached hydrogens (tertiary/aromatic N) is 5. The number of aromatic nitrogens is 1. The number of aliphatic imine (C=N–C) groups is 2. The molecule has 0 saturated carbocycles. The first-order valence-corrected chi connectivity index (χ1v) is 11.0. The first kappa shape index (κ1) is 28.2. The Morgan fingerprint density at radius 2 is 1.92 bits per heavy atom. The van der Waals surface area contributed by atoms with Crippen LogP contribution in [0.4, 0.5) is 43.5 Å². The molecular formula is C24H21F6N7O. The Hall–Kier alpha value is -4.41. The van der Waals surface area contributed by atoms with Gasteiger partial charge in [-0.15, -0.1) is 0 Å². The van der Waals surface area contributed by atoms with Crippen molar-refractivity contribution in [1.82, 2.24) is 4.98 Å². The Labute approximate surface area is 213 Å². The monoisotopic (exact) mass is 537 g/mol. The van der Waals surface area contributed by atoms with Crippen molar-refractivity contribution in [3.63, 3.8) is 0 Å². The standard InChI is InChI=1S/C24H21F6N7O/c1-32-19-13-37(16-5-3-14(11-31)18(9-16)24(28,29)30)8-7-17(19)22(33-2)36-20-6-4-15(12-34-20)35-21(38)10-23(25,26)27/h3-6,9,12H,1,7-8,10,13H2,2H3,(H,35,38)(H,33,34,36). The van der Waals surface area contributed by atoms with Crippen LogP contribution in [0.25, 0.3) is 0 Å². The summed E-state index contributed by atoms with van der Waals surface area (Å²) >= 11 is 0. The number of rotatable bonds is 6. The lowest BCUT2D eigenvalue weighted by Gasteiger charge is -2.32. The minimum Gasteiger partial charge on any atom is -0.365 e. The zero-order valence-electron chi connectivity index (χ0n) is 19.9. The van der Waals surface area contributed by atoms with E-state index in [-0.39, 0.29) is 23.7 Å². The molecule has 200 valence electrons. The second-order valence-corrected chi connectivity index (χ2v) is 8.06. The largest absolute Gasteiger partial charge is 0.417 e. The molecule has 0 fully saturated rings. The zero-order valence-corrected chi connectivity index (χ0v) is 19.9. The van der Waals surface area contributed by atoms with E-state index in [0.717, 1.165) is 12.1 Å². The van der Waals surface area contributed by atoms with Gasteiger partial charge in [0.15, 0.2) is 0 Å². The molecule has 0 aliphatic carbocycles. The number of hydrogen-bond acceptors (Lipinski definition) is 6. The fraction of sp³-hybridized carbons (Fsp3) is 0.292. The highest BCUT2D eigenvalue weighted by Gasteiger charge is 2.35. The van der Waals surface area contributed by atoms with Gasteiger partial charge in [-0.3, -0.25) is 14.8 Å². The van der Waals surface area contributed by atoms with Crippen molar-refractivity contribution < 1.29 is 31.1 Å². The molecule has 1 amide bonds. The molecule has 8 nitrogen and oxygen atoms in total. The molecule has 0 radical (unpaired) electrons. The summed E-state index contributed by atoms with van der Waals surface area (Å²) < 4.78 is 77.2. The van der Waals surface area contributed by atoms with Gasteiger partial charge in [0.05, 0.1) is 41.3 Å². The second kappa shape index (κ2) is 11.3. The number of pyridine rings is 1. The molecule has 0 spiro atoms. The van der Waals surface area contributed by atoms with Gasteiger partial charge in [0, 0.05) is 24.9 Å². The molecule has 38 heavy (non-hydrogen) atoms. The number of benzene rings is 1. The minimum atomic E-state index is -4.69. The number of nitriles is 1. The Bertz CT molecular complexity index is 1310. The lowest BCUT2D eigenvalue weighted by atomic mass is 10.0. The van der Waals surface area contributed by atoms with Gasteiger partial charge in [-0.25, -0.2) is 4.98 Å². The highest BCUT2D eigenvalue weighted by Crippen LogP contribution is 2.35. The molecule has 3 rings (SSSR count). The molecule has 2 N–H and O–H groups in total. The van der Waals surface area contributed by atoms with Gasteiger partial charge in [-0.05, 0) is 43.5 Å². The maximum absolute atomic E-state index is 13.4. The third-order valence-electron chi connectivity index (χ3n) is 5.47. The summed E-state index contributed by atoms with van der Waals surface area (Å²) in [4.78, 5) is 25.4. The van der Waals surface area contributed by atoms with Crippen molar-refractivity contribution in [3.8, 4) is 6.07 Å². The number of anilines is 3. The van der Waals surface area contributed by atoms with Crippen LogP contribution in [0.5, 0.6) is 0 Å². The highest BCUT2D eigenvalue weighted by atomic mass is 19.4. The highest BCUT2D eigenvalue weighted by molar-refractivity contribution is 6.08. The molecule has 1 aromatic carbocycles. The molecule has 1 aliphatic rings. The number of amidine groups is 1. The van der Waals surface area contributed by atoms with E-state index >= 15 is 0 Å². The van der Waals surface area contributed by atoms with Crippen LogP contribution in [0, 0.1) is 11.3 Å². The van der Waals surface area contributed by atoms with E-state index in [1.165, 1.54) is 31.4 Å². The molecule has 14 heteroatoms. The zero-order chi connectivity index (χ0) is 28.1. The molecule has 0 atom stereocenters. The van der Waals surface area contributed by atoms with Crippen LogP contribution in [-0.4, -0.2) is 49.8 Å². The Morgan fingerprint density at radius 1 is 1.18 bits per heavy atom. The van der Waals surface area contributed by atoms with Gasteiger partial charge < -0.3 is 15.5 Å². The summed E-state index contributed by atoms with van der Waals surface area (Å²) in [5.41, 5.74) is -0.0571. The SMILES string of the molecule is C=NC1=C(C(=NC)Nc2ccc(NC(=O)CC(F)(F)F)cn2)CCN(c2ccc(C#N)c(C(F)(F)F)c2)C1. The van der Waals surface area contributed by atoms with Crippen molar-refractivity contribution in [2.75, 3.05) is 35.7 Å². The molecule has 0 unspecified atom stereocenters. The summed E-state index contributed by atoms with van der Waals surface area (Å²) in [6, 6.07) is 7.84. The lowest BCUT2D eigenvalue weighted by Crippen LogP contribution is -2.34. The van der Waals surface area contributed by atoms with Crippen molar-refractivity contribution >= 4 is 35.7 Å². The molecule has 2 aromatic rings. The smallest absolute Gasteiger partial charge is 0.365 e. The minimum absolute atomic E-state index is 0.0707. The number of carbonyl (C=O) groups is 1. The van der Waals surface area contributed by atoms with Crippen LogP contribution in [0.2, 0.25) is 0 Å². The predicted octanol–water partition coefficient (Wildman–Crippen LogP) is 5.17. The maximum Gasteiger partial charge on any atom is 0.417 e. The van der Waals surface area contributed by atoms with E-state index in [9.17, 15) is 31.1 Å². The van der Waals surface area contributed by atoms with E-state index in [1.54, 1.807) is 11.0 Å². The summed E-state index contributed by atoms with van der Waals surface area (Å²) in [5, 5.41) is 14.1. The average molecular weight is 537 g/mol. The average Bonchev–Trinajstić information content (AvgIpc) is 2.86. The van der Waals surface area contributed by atoms with Crippen LogP contribution in [0.1, 0.15) is 24.0 Å². The van der Waals surface area contributed by atoms with Crippen LogP contribution in [0.3, 0.4) is 0 Å². The molecule has 1 aliphatic heterocycles. The van der Waals surface area contributed by atoms with Crippen LogP contribution in [-0.2, 0) is 11.0 Å². The molecule has 2 heterocycles. The van der Waals surface area contributed by atoms with E-state index in [2.05, 4.69) is 32.3 Å². The summed E-state index contributed by atoms with van der Waals surface area (Å²) in [5.74, 6) is -0.581. The Morgan fingerprint density at radius 3 is 2.47 bits per heavy atom. The fourth-order valence-electron chi connectivity index (χ4n) is 3.74. The number of nitrogens with one attached hydrogen (secondary N) is 2. The van der Waals surface area contributed by atoms with E-state index in [4.69, 9.17) is 5.26 Å². The predicted molar refractivity (Wildman–Crippen MR) is 130 cm³/mol. The molecular weight excluding hydrogens is 516 g/mol. The Kier molecular flexibility index (Phi) is 8.39. The topological polar surface area (TPSA) is 106 Å². The number of amides is 1. The van der Waals surface area contributed by atoms with E-state index in [0.29, 0.717) is 30.1 Å². The molecule has 0 saturated heterocycles. The normalized spacial score (nSPS) is 14.7. The quantitative estimate of drug-likeness (QED) is 0.301. The third-order valence-corrected chi connectivity index (χ3v) is 5.47. The van der Waals surface area contributed by atoms with Crippen LogP contribution in [0.15, 0.2) is 57.8 Å². The van der Waals surface area contributed by atoms with Crippen molar-refractivity contribution in [1.29, 1.82) is 5.26 Å². The third kappa shape index (κ3) is 7.09. The van der Waals surface area contributed by atoms with E-state index < -0.39 is 35.8 Å². The summed E-state index contributed by atoms with van der Waals surface area (Å²) in [7, 11) is 1.50. The maximum atomic E-state index is 13.4. The van der Waals surface area contributed by atoms with Gasteiger partial charge in [0.1, 0.15) is 18.1 Å². The van der Waals surface area contributed by atoms with Gasteiger partial charge in [-0.1, -0.05) is 0 Å². The van der Waals surface area contributed by atoms with Crippen LogP contribution >= 0.6 is 0 Å². The van der Waals surface area contributed by atoms with Crippen molar-refractivity contribution in [3.05, 3.63) is 58.9 Å². The van der Waals surface area contributed by atoms with E-state index in [1.807, 2.05) is 0 Å². The fourth-order valence-corrected chi connectivity index (χ4v) is 3.74. The molecule has 0 bridgehead atoms. The van der Waals surface area contributed by atoms with Crippen molar-refractivity contribution in [2.45, 2.75) is 25.2 Å². The van der Waals surface area contributed by atoms with Gasteiger partial charge in [-0.2, -0.15) is 31.6 Å². The first-order valence-electron chi connectivity index (χ1n) is 11.0. The van der Waals surface area contributed by atoms with Crippen LogP contribution < -0.4 is 15.5 Å². The van der Waals surface area contributed by atoms with Gasteiger partial charge >= 0.3 is 12.4 Å². The lowest BCUT2D eigenvalue weighted by molar-refractivity contribution is -0.150. The number of alkyl halides is 6. The summed E-state index contributed by atoms with van der Waals surface area (Å²) in [6.45, 7) is 4.00. The second-order valence-electron chi connectivity index (χ2n) is 8.06.